The average Bonchev–Trinajstić information content (AvgIpc) is 3.01. The Bertz CT molecular complexity index is 1440. The third kappa shape index (κ3) is 7.67. The van der Waals surface area contributed by atoms with E-state index in [0.29, 0.717) is 19.1 Å². The maximum atomic E-state index is 13.7. The molecule has 0 aliphatic carbocycles. The lowest BCUT2D eigenvalue weighted by molar-refractivity contribution is -0.948. The standard InChI is InChI=1S/C38H47N2O2/c1-29(2)34-17-14-31(15-18-34)27-40(22-20-37(21-23-40)42-28-32-10-6-5-7-11-32)26-30(3)38(41)39(4)25-33-16-19-35-12-8-9-13-36(35)24-33/h5-19,24,29-30,37H,20-23,25-28H2,1-4H3/q+1. The molecule has 1 unspecified atom stereocenters. The first kappa shape index (κ1) is 30.0. The van der Waals surface area contributed by atoms with Crippen molar-refractivity contribution < 1.29 is 14.0 Å². The Morgan fingerprint density at radius 2 is 1.45 bits per heavy atom. The van der Waals surface area contributed by atoms with Crippen molar-refractivity contribution in [3.8, 4) is 0 Å². The number of piperidine rings is 1. The zero-order valence-electron chi connectivity index (χ0n) is 25.8. The minimum absolute atomic E-state index is 0.0628. The maximum absolute atomic E-state index is 13.7. The largest absolute Gasteiger partial charge is 0.373 e. The Kier molecular flexibility index (Phi) is 9.76. The molecule has 4 aromatic rings. The van der Waals surface area contributed by atoms with Gasteiger partial charge in [0, 0.05) is 32.0 Å². The monoisotopic (exact) mass is 563 g/mol. The molecule has 1 fully saturated rings. The molecule has 42 heavy (non-hydrogen) atoms. The lowest BCUT2D eigenvalue weighted by Gasteiger charge is -2.45. The zero-order chi connectivity index (χ0) is 29.5. The van der Waals surface area contributed by atoms with Crippen LogP contribution < -0.4 is 0 Å². The van der Waals surface area contributed by atoms with E-state index >= 15 is 0 Å². The molecule has 1 heterocycles. The van der Waals surface area contributed by atoms with E-state index in [2.05, 4.69) is 112 Å². The molecule has 220 valence electrons. The summed E-state index contributed by atoms with van der Waals surface area (Å²) in [5, 5.41) is 2.45. The van der Waals surface area contributed by atoms with Crippen molar-refractivity contribution >= 4 is 16.7 Å². The molecule has 1 amide bonds. The molecule has 4 aromatic carbocycles. The topological polar surface area (TPSA) is 29.5 Å². The van der Waals surface area contributed by atoms with Gasteiger partial charge in [-0.1, -0.05) is 105 Å². The Labute approximate surface area is 252 Å². The minimum Gasteiger partial charge on any atom is -0.373 e. The van der Waals surface area contributed by atoms with Crippen molar-refractivity contribution in [2.75, 3.05) is 26.7 Å². The molecule has 0 saturated carbocycles. The van der Waals surface area contributed by atoms with E-state index in [1.165, 1.54) is 33.0 Å². The average molecular weight is 564 g/mol. The number of quaternary nitrogens is 1. The van der Waals surface area contributed by atoms with Crippen LogP contribution in [0.2, 0.25) is 0 Å². The van der Waals surface area contributed by atoms with Crippen LogP contribution in [-0.2, 0) is 29.2 Å². The Morgan fingerprint density at radius 3 is 2.14 bits per heavy atom. The van der Waals surface area contributed by atoms with Gasteiger partial charge in [-0.2, -0.15) is 0 Å². The Morgan fingerprint density at radius 1 is 0.810 bits per heavy atom. The summed E-state index contributed by atoms with van der Waals surface area (Å²) in [6.45, 7) is 11.7. The number of hydrogen-bond donors (Lipinski definition) is 0. The van der Waals surface area contributed by atoms with Crippen LogP contribution in [0.4, 0.5) is 0 Å². The second kappa shape index (κ2) is 13.7. The van der Waals surface area contributed by atoms with Crippen LogP contribution in [0, 0.1) is 5.92 Å². The molecule has 1 aliphatic heterocycles. The second-order valence-electron chi connectivity index (χ2n) is 12.8. The summed E-state index contributed by atoms with van der Waals surface area (Å²) in [6.07, 6.45) is 2.30. The van der Waals surface area contributed by atoms with E-state index in [0.717, 1.165) is 43.5 Å². The van der Waals surface area contributed by atoms with Crippen molar-refractivity contribution in [2.45, 2.75) is 65.3 Å². The van der Waals surface area contributed by atoms with Crippen LogP contribution in [0.5, 0.6) is 0 Å². The first-order chi connectivity index (χ1) is 20.3. The molecular formula is C38H47N2O2+. The van der Waals surface area contributed by atoms with Gasteiger partial charge in [0.2, 0.25) is 5.91 Å². The molecule has 1 atom stereocenters. The van der Waals surface area contributed by atoms with Crippen LogP contribution in [0.1, 0.15) is 61.8 Å². The summed E-state index contributed by atoms with van der Waals surface area (Å²) in [5.41, 5.74) is 5.12. The van der Waals surface area contributed by atoms with E-state index in [9.17, 15) is 4.79 Å². The van der Waals surface area contributed by atoms with Gasteiger partial charge in [0.25, 0.3) is 0 Å². The van der Waals surface area contributed by atoms with E-state index in [1.54, 1.807) is 0 Å². The summed E-state index contributed by atoms with van der Waals surface area (Å²) < 4.78 is 7.29. The lowest BCUT2D eigenvalue weighted by atomic mass is 9.97. The second-order valence-corrected chi connectivity index (χ2v) is 12.8. The summed E-state index contributed by atoms with van der Waals surface area (Å²) in [5.74, 6) is 0.681. The molecule has 4 heteroatoms. The van der Waals surface area contributed by atoms with Crippen molar-refractivity contribution in [3.63, 3.8) is 0 Å². The molecule has 0 spiro atoms. The van der Waals surface area contributed by atoms with Crippen molar-refractivity contribution in [1.82, 2.24) is 4.90 Å². The zero-order valence-corrected chi connectivity index (χ0v) is 25.8. The molecule has 0 bridgehead atoms. The highest BCUT2D eigenvalue weighted by atomic mass is 16.5. The van der Waals surface area contributed by atoms with Gasteiger partial charge in [-0.25, -0.2) is 0 Å². The van der Waals surface area contributed by atoms with Crippen molar-refractivity contribution in [3.05, 3.63) is 119 Å². The number of fused-ring (bicyclic) bond motifs is 1. The van der Waals surface area contributed by atoms with Gasteiger partial charge < -0.3 is 14.1 Å². The minimum atomic E-state index is -0.0628. The molecule has 0 N–H and O–H groups in total. The molecule has 5 rings (SSSR count). The molecule has 0 aromatic heterocycles. The fourth-order valence-corrected chi connectivity index (χ4v) is 6.57. The van der Waals surface area contributed by atoms with Gasteiger partial charge in [0.15, 0.2) is 0 Å². The molecule has 4 nitrogen and oxygen atoms in total. The highest BCUT2D eigenvalue weighted by Crippen LogP contribution is 2.28. The number of carbonyl (C=O) groups excluding carboxylic acids is 1. The number of hydrogen-bond acceptors (Lipinski definition) is 2. The summed E-state index contributed by atoms with van der Waals surface area (Å²) in [6, 6.07) is 34.5. The van der Waals surface area contributed by atoms with Crippen LogP contribution in [0.3, 0.4) is 0 Å². The number of amides is 1. The van der Waals surface area contributed by atoms with Gasteiger partial charge in [-0.05, 0) is 46.4 Å². The van der Waals surface area contributed by atoms with Gasteiger partial charge in [-0.3, -0.25) is 4.79 Å². The van der Waals surface area contributed by atoms with E-state index in [4.69, 9.17) is 4.74 Å². The van der Waals surface area contributed by atoms with E-state index < -0.39 is 0 Å². The van der Waals surface area contributed by atoms with Crippen molar-refractivity contribution in [2.24, 2.45) is 5.92 Å². The van der Waals surface area contributed by atoms with Crippen molar-refractivity contribution in [1.29, 1.82) is 0 Å². The number of rotatable bonds is 11. The molecule has 0 radical (unpaired) electrons. The first-order valence-electron chi connectivity index (χ1n) is 15.6. The maximum Gasteiger partial charge on any atom is 0.231 e. The van der Waals surface area contributed by atoms with Crippen LogP contribution >= 0.6 is 0 Å². The van der Waals surface area contributed by atoms with E-state index in [-0.39, 0.29) is 17.9 Å². The number of benzene rings is 4. The highest BCUT2D eigenvalue weighted by molar-refractivity contribution is 5.83. The highest BCUT2D eigenvalue weighted by Gasteiger charge is 2.38. The fraction of sp³-hybridized carbons (Fsp3) is 0.395. The van der Waals surface area contributed by atoms with Gasteiger partial charge in [0.1, 0.15) is 6.54 Å². The lowest BCUT2D eigenvalue weighted by Crippen LogP contribution is -2.57. The van der Waals surface area contributed by atoms with Crippen LogP contribution in [-0.4, -0.2) is 48.1 Å². The van der Waals surface area contributed by atoms with Gasteiger partial charge in [-0.15, -0.1) is 0 Å². The van der Waals surface area contributed by atoms with Crippen LogP contribution in [0.25, 0.3) is 10.8 Å². The molecule has 1 aliphatic rings. The summed E-state index contributed by atoms with van der Waals surface area (Å²) >= 11 is 0. The predicted molar refractivity (Wildman–Crippen MR) is 173 cm³/mol. The summed E-state index contributed by atoms with van der Waals surface area (Å²) in [7, 11) is 1.95. The Balaban J connectivity index is 1.26. The number of ether oxygens (including phenoxy) is 1. The van der Waals surface area contributed by atoms with Gasteiger partial charge >= 0.3 is 0 Å². The van der Waals surface area contributed by atoms with Crippen LogP contribution in [0.15, 0.2) is 97.1 Å². The molecular weight excluding hydrogens is 516 g/mol. The SMILES string of the molecule is CC(C[N+]1(Cc2ccc(C(C)C)cc2)CCC(OCc2ccccc2)CC1)C(=O)N(C)Cc1ccc2ccccc2c1. The molecule has 1 saturated heterocycles. The van der Waals surface area contributed by atoms with E-state index in [1.807, 2.05) is 18.0 Å². The predicted octanol–water partition coefficient (Wildman–Crippen LogP) is 7.95. The fourth-order valence-electron chi connectivity index (χ4n) is 6.57. The summed E-state index contributed by atoms with van der Waals surface area (Å²) in [4.78, 5) is 15.6. The quantitative estimate of drug-likeness (QED) is 0.173. The third-order valence-corrected chi connectivity index (χ3v) is 9.04. The number of nitrogens with zero attached hydrogens (tertiary/aromatic N) is 2. The third-order valence-electron chi connectivity index (χ3n) is 9.04. The Hall–Kier alpha value is -3.47. The normalized spacial score (nSPS) is 19.6. The van der Waals surface area contributed by atoms with Gasteiger partial charge in [0.05, 0.1) is 38.3 Å². The number of carbonyl (C=O) groups is 1. The smallest absolute Gasteiger partial charge is 0.231 e. The first-order valence-corrected chi connectivity index (χ1v) is 15.6. The number of likely N-dealkylation sites (tertiary alicyclic amines) is 1.